The van der Waals surface area contributed by atoms with E-state index in [4.69, 9.17) is 14.0 Å². The summed E-state index contributed by atoms with van der Waals surface area (Å²) in [5.41, 5.74) is 4.78. The number of hydrogen-bond donors (Lipinski definition) is 0. The smallest absolute Gasteiger partial charge is 0.223 e. The van der Waals surface area contributed by atoms with Gasteiger partial charge in [0.05, 0.1) is 19.8 Å². The van der Waals surface area contributed by atoms with E-state index < -0.39 is 0 Å². The minimum absolute atomic E-state index is 0.0173. The largest absolute Gasteiger partial charge is 0.379 e. The number of ketones is 1. The Kier molecular flexibility index (Phi) is 7.87. The van der Waals surface area contributed by atoms with Gasteiger partial charge in [-0.2, -0.15) is 0 Å². The Labute approximate surface area is 215 Å². The number of methoxy groups -OCH3 is 1. The van der Waals surface area contributed by atoms with Crippen molar-refractivity contribution in [2.75, 3.05) is 40.0 Å². The molecule has 1 saturated heterocycles. The van der Waals surface area contributed by atoms with Crippen molar-refractivity contribution in [1.29, 1.82) is 0 Å². The predicted molar refractivity (Wildman–Crippen MR) is 138 cm³/mol. The van der Waals surface area contributed by atoms with Crippen molar-refractivity contribution in [3.63, 3.8) is 0 Å². The summed E-state index contributed by atoms with van der Waals surface area (Å²) in [6.45, 7) is 4.88. The summed E-state index contributed by atoms with van der Waals surface area (Å²) in [4.78, 5) is 18.7. The zero-order valence-corrected chi connectivity index (χ0v) is 20.7. The third kappa shape index (κ3) is 6.40. The van der Waals surface area contributed by atoms with E-state index in [1.165, 1.54) is 12.7 Å². The minimum atomic E-state index is -0.183. The van der Waals surface area contributed by atoms with Gasteiger partial charge >= 0.3 is 0 Å². The Hall–Kier alpha value is -4.03. The van der Waals surface area contributed by atoms with Crippen LogP contribution >= 0.6 is 0 Å². The fraction of sp³-hybridized carbons (Fsp3) is 0.276. The van der Waals surface area contributed by atoms with E-state index in [0.29, 0.717) is 23.8 Å². The molecule has 37 heavy (non-hydrogen) atoms. The minimum Gasteiger partial charge on any atom is -0.379 e. The van der Waals surface area contributed by atoms with Gasteiger partial charge in [0.1, 0.15) is 12.3 Å². The van der Waals surface area contributed by atoms with Crippen LogP contribution in [0.3, 0.4) is 0 Å². The molecule has 0 bridgehead atoms. The maximum Gasteiger partial charge on any atom is 0.223 e. The first-order valence-electron chi connectivity index (χ1n) is 12.2. The molecule has 3 heterocycles. The van der Waals surface area contributed by atoms with Crippen LogP contribution < -0.4 is 0 Å². The number of carbonyl (C=O) groups is 1. The molecule has 0 atom stereocenters. The maximum atomic E-state index is 12.1. The van der Waals surface area contributed by atoms with Gasteiger partial charge in [-0.15, -0.1) is 0 Å². The Balaban J connectivity index is 1.20. The van der Waals surface area contributed by atoms with Gasteiger partial charge < -0.3 is 18.6 Å². The molecule has 2 aromatic heterocycles. The molecule has 1 aliphatic rings. The van der Waals surface area contributed by atoms with Crippen molar-refractivity contribution in [2.24, 2.45) is 0 Å². The zero-order chi connectivity index (χ0) is 25.5. The average molecular weight is 497 g/mol. The summed E-state index contributed by atoms with van der Waals surface area (Å²) in [6.07, 6.45) is 3.33. The Morgan fingerprint density at radius 2 is 1.70 bits per heavy atom. The molecular formula is C29H28N4O4. The number of rotatable bonds is 8. The Bertz CT molecular complexity index is 1390. The molecule has 2 aromatic carbocycles. The molecule has 0 radical (unpaired) electrons. The molecule has 8 heteroatoms. The number of aromatic nitrogens is 3. The maximum absolute atomic E-state index is 12.1. The lowest BCUT2D eigenvalue weighted by atomic mass is 10.1. The van der Waals surface area contributed by atoms with Crippen molar-refractivity contribution in [3.8, 4) is 23.2 Å². The van der Waals surface area contributed by atoms with Gasteiger partial charge in [-0.3, -0.25) is 9.69 Å². The molecule has 0 N–H and O–H groups in total. The molecule has 0 spiro atoms. The average Bonchev–Trinajstić information content (AvgIpc) is 3.60. The first-order chi connectivity index (χ1) is 18.2. The number of ether oxygens (including phenoxy) is 2. The monoisotopic (exact) mass is 496 g/mol. The lowest BCUT2D eigenvalue weighted by molar-refractivity contribution is 0.0342. The number of carbonyl (C=O) groups excluding carboxylic acids is 1. The van der Waals surface area contributed by atoms with Crippen molar-refractivity contribution >= 4 is 5.78 Å². The van der Waals surface area contributed by atoms with Gasteiger partial charge in [0.25, 0.3) is 0 Å². The van der Waals surface area contributed by atoms with Gasteiger partial charge in [0.2, 0.25) is 5.78 Å². The van der Waals surface area contributed by atoms with E-state index in [0.717, 1.165) is 49.5 Å². The molecule has 1 aliphatic heterocycles. The number of morpholine rings is 1. The van der Waals surface area contributed by atoms with E-state index in [1.807, 2.05) is 30.3 Å². The predicted octanol–water partition coefficient (Wildman–Crippen LogP) is 3.65. The molecule has 0 aliphatic carbocycles. The summed E-state index contributed by atoms with van der Waals surface area (Å²) in [5, 5.41) is 4.15. The summed E-state index contributed by atoms with van der Waals surface area (Å²) in [7, 11) is 1.48. The quantitative estimate of drug-likeness (QED) is 0.272. The zero-order valence-electron chi connectivity index (χ0n) is 20.7. The first-order valence-corrected chi connectivity index (χ1v) is 12.2. The fourth-order valence-corrected chi connectivity index (χ4v) is 4.15. The summed E-state index contributed by atoms with van der Waals surface area (Å²) < 4.78 is 17.6. The van der Waals surface area contributed by atoms with Gasteiger partial charge in [-0.1, -0.05) is 29.1 Å². The lowest BCUT2D eigenvalue weighted by Gasteiger charge is -2.26. The highest BCUT2D eigenvalue weighted by molar-refractivity contribution is 5.93. The van der Waals surface area contributed by atoms with Crippen molar-refractivity contribution in [2.45, 2.75) is 13.1 Å². The lowest BCUT2D eigenvalue weighted by Crippen LogP contribution is -2.35. The van der Waals surface area contributed by atoms with Crippen LogP contribution in [-0.4, -0.2) is 65.4 Å². The van der Waals surface area contributed by atoms with Crippen LogP contribution in [0.15, 0.2) is 71.5 Å². The van der Waals surface area contributed by atoms with Crippen molar-refractivity contribution in [1.82, 2.24) is 19.6 Å². The Morgan fingerprint density at radius 3 is 2.41 bits per heavy atom. The van der Waals surface area contributed by atoms with Crippen LogP contribution in [0.1, 0.15) is 33.0 Å². The van der Waals surface area contributed by atoms with E-state index in [9.17, 15) is 4.79 Å². The molecule has 188 valence electrons. The first kappa shape index (κ1) is 24.7. The van der Waals surface area contributed by atoms with E-state index >= 15 is 0 Å². The highest BCUT2D eigenvalue weighted by Crippen LogP contribution is 2.21. The van der Waals surface area contributed by atoms with Crippen LogP contribution in [0.25, 0.3) is 11.3 Å². The summed E-state index contributed by atoms with van der Waals surface area (Å²) in [6, 6.07) is 18.2. The van der Waals surface area contributed by atoms with Gasteiger partial charge in [0.15, 0.2) is 11.6 Å². The summed E-state index contributed by atoms with van der Waals surface area (Å²) in [5.74, 6) is 7.26. The van der Waals surface area contributed by atoms with Crippen molar-refractivity contribution < 1.29 is 18.8 Å². The molecule has 0 saturated carbocycles. The molecule has 4 aromatic rings. The number of nitrogens with zero attached hydrogens (tertiary/aromatic N) is 4. The van der Waals surface area contributed by atoms with Crippen LogP contribution in [0.5, 0.6) is 0 Å². The van der Waals surface area contributed by atoms with Gasteiger partial charge in [-0.25, -0.2) is 4.98 Å². The molecule has 0 unspecified atom stereocenters. The van der Waals surface area contributed by atoms with Gasteiger partial charge in [0, 0.05) is 61.9 Å². The Morgan fingerprint density at radius 1 is 1.00 bits per heavy atom. The second-order valence-electron chi connectivity index (χ2n) is 8.83. The third-order valence-electron chi connectivity index (χ3n) is 6.12. The number of Topliss-reactive ketones (excluding diaryl/α,β-unsaturated/α-hetero) is 1. The van der Waals surface area contributed by atoms with Crippen LogP contribution in [0.4, 0.5) is 0 Å². The SMILES string of the molecule is COCC(=O)c1nccn1Cc1cc(-c2ccc(C#Cc3ccc(CN4CCOCC4)cc3)cc2)on1. The van der Waals surface area contributed by atoms with E-state index in [1.54, 1.807) is 17.0 Å². The molecule has 8 nitrogen and oxygen atoms in total. The van der Waals surface area contributed by atoms with E-state index in [-0.39, 0.29) is 12.4 Å². The number of hydrogen-bond acceptors (Lipinski definition) is 7. The standard InChI is InChI=1S/C29H28N4O4/c1-35-21-27(34)29-30-12-13-33(29)20-26-18-28(37-31-26)25-10-8-23(9-11-25)3-2-22-4-6-24(7-5-22)19-32-14-16-36-17-15-32/h4-13,18H,14-17,19-21H2,1H3. The van der Waals surface area contributed by atoms with Crippen LogP contribution in [0, 0.1) is 11.8 Å². The highest BCUT2D eigenvalue weighted by atomic mass is 16.5. The molecule has 0 amide bonds. The second-order valence-corrected chi connectivity index (χ2v) is 8.83. The fourth-order valence-electron chi connectivity index (χ4n) is 4.15. The number of imidazole rings is 1. The normalized spacial score (nSPS) is 13.8. The van der Waals surface area contributed by atoms with Crippen LogP contribution in [-0.2, 0) is 22.6 Å². The second kappa shape index (κ2) is 11.8. The molecular weight excluding hydrogens is 468 g/mol. The molecule has 5 rings (SSSR count). The summed E-state index contributed by atoms with van der Waals surface area (Å²) >= 11 is 0. The third-order valence-corrected chi connectivity index (χ3v) is 6.12. The number of benzene rings is 2. The van der Waals surface area contributed by atoms with E-state index in [2.05, 4.69) is 51.1 Å². The van der Waals surface area contributed by atoms with Gasteiger partial charge in [-0.05, 0) is 42.0 Å². The van der Waals surface area contributed by atoms with Crippen LogP contribution in [0.2, 0.25) is 0 Å². The van der Waals surface area contributed by atoms with Crippen molar-refractivity contribution in [3.05, 3.63) is 95.2 Å². The highest BCUT2D eigenvalue weighted by Gasteiger charge is 2.15. The molecule has 1 fully saturated rings. The topological polar surface area (TPSA) is 82.6 Å².